The molecule has 0 bridgehead atoms. The van der Waals surface area contributed by atoms with E-state index in [-0.39, 0.29) is 0 Å². The van der Waals surface area contributed by atoms with Gasteiger partial charge in [-0.05, 0) is 35.2 Å². The molecule has 0 unspecified atom stereocenters. The summed E-state index contributed by atoms with van der Waals surface area (Å²) >= 11 is 0. The molecule has 0 radical (unpaired) electrons. The number of ether oxygens (including phenoxy) is 1. The summed E-state index contributed by atoms with van der Waals surface area (Å²) in [5, 5.41) is 0. The summed E-state index contributed by atoms with van der Waals surface area (Å²) in [6.45, 7) is 0. The van der Waals surface area contributed by atoms with Crippen LogP contribution < -0.4 is 4.74 Å². The molecule has 0 saturated carbocycles. The summed E-state index contributed by atoms with van der Waals surface area (Å²) in [6, 6.07) is 17.0. The fourth-order valence-corrected chi connectivity index (χ4v) is 2.59. The number of benzene rings is 2. The topological polar surface area (TPSA) is 9.23 Å². The van der Waals surface area contributed by atoms with Crippen molar-refractivity contribution in [1.29, 1.82) is 0 Å². The van der Waals surface area contributed by atoms with Crippen LogP contribution >= 0.6 is 0 Å². The van der Waals surface area contributed by atoms with Gasteiger partial charge >= 0.3 is 0 Å². The van der Waals surface area contributed by atoms with E-state index in [1.54, 1.807) is 7.11 Å². The quantitative estimate of drug-likeness (QED) is 0.757. The van der Waals surface area contributed by atoms with E-state index in [1.165, 1.54) is 16.7 Å². The van der Waals surface area contributed by atoms with Crippen LogP contribution in [0.5, 0.6) is 5.75 Å². The van der Waals surface area contributed by atoms with Crippen LogP contribution in [0.15, 0.2) is 54.6 Å². The molecule has 0 saturated heterocycles. The van der Waals surface area contributed by atoms with Crippen LogP contribution in [-0.4, -0.2) is 7.11 Å². The van der Waals surface area contributed by atoms with Gasteiger partial charge in [0.2, 0.25) is 0 Å². The van der Waals surface area contributed by atoms with Gasteiger partial charge < -0.3 is 4.74 Å². The first-order valence-electron chi connectivity index (χ1n) is 6.28. The average molecular weight is 236 g/mol. The van der Waals surface area contributed by atoms with Crippen molar-refractivity contribution >= 4 is 6.08 Å². The van der Waals surface area contributed by atoms with E-state index in [9.17, 15) is 0 Å². The fraction of sp³-hybridized carbons (Fsp3) is 0.176. The summed E-state index contributed by atoms with van der Waals surface area (Å²) in [7, 11) is 1.70. The third kappa shape index (κ3) is 1.92. The molecule has 3 rings (SSSR count). The van der Waals surface area contributed by atoms with Gasteiger partial charge in [0.05, 0.1) is 7.11 Å². The lowest BCUT2D eigenvalue weighted by molar-refractivity contribution is 0.414. The molecule has 0 fully saturated rings. The van der Waals surface area contributed by atoms with E-state index in [1.807, 2.05) is 12.1 Å². The lowest BCUT2D eigenvalue weighted by Crippen LogP contribution is -2.05. The van der Waals surface area contributed by atoms with Crippen molar-refractivity contribution in [1.82, 2.24) is 0 Å². The van der Waals surface area contributed by atoms with E-state index in [0.717, 1.165) is 12.2 Å². The molecule has 1 aliphatic carbocycles. The maximum Gasteiger partial charge on any atom is 0.118 e. The third-order valence-corrected chi connectivity index (χ3v) is 3.56. The molecule has 0 amide bonds. The minimum absolute atomic E-state index is 0.470. The van der Waals surface area contributed by atoms with Gasteiger partial charge in [0.15, 0.2) is 0 Å². The molecule has 1 heteroatoms. The van der Waals surface area contributed by atoms with E-state index in [2.05, 4.69) is 48.6 Å². The number of hydrogen-bond acceptors (Lipinski definition) is 1. The minimum atomic E-state index is 0.470. The number of rotatable bonds is 2. The standard InChI is InChI=1S/C17H16O/c1-18-15-11-9-14(10-12-15)17-8-4-6-13-5-2-3-7-16(13)17/h2-7,9-12,17H,8H2,1H3/t17-/m0/s1. The maximum atomic E-state index is 5.21. The van der Waals surface area contributed by atoms with Crippen LogP contribution in [0.2, 0.25) is 0 Å². The van der Waals surface area contributed by atoms with Gasteiger partial charge in [0.1, 0.15) is 5.75 Å². The highest BCUT2D eigenvalue weighted by Crippen LogP contribution is 2.35. The Morgan fingerprint density at radius 2 is 1.78 bits per heavy atom. The zero-order valence-electron chi connectivity index (χ0n) is 10.5. The molecule has 0 heterocycles. The Hall–Kier alpha value is -2.02. The van der Waals surface area contributed by atoms with Crippen LogP contribution in [0.4, 0.5) is 0 Å². The van der Waals surface area contributed by atoms with E-state index < -0.39 is 0 Å². The monoisotopic (exact) mass is 236 g/mol. The molecule has 2 aromatic rings. The molecule has 0 aliphatic heterocycles. The van der Waals surface area contributed by atoms with Crippen molar-refractivity contribution in [2.75, 3.05) is 7.11 Å². The van der Waals surface area contributed by atoms with Crippen molar-refractivity contribution in [3.8, 4) is 5.75 Å². The molecule has 18 heavy (non-hydrogen) atoms. The Balaban J connectivity index is 1.99. The molecule has 1 atom stereocenters. The Kier molecular flexibility index (Phi) is 2.89. The Morgan fingerprint density at radius 3 is 2.56 bits per heavy atom. The first-order valence-corrected chi connectivity index (χ1v) is 6.28. The summed E-state index contributed by atoms with van der Waals surface area (Å²) < 4.78 is 5.21. The fourth-order valence-electron chi connectivity index (χ4n) is 2.59. The molecule has 0 N–H and O–H groups in total. The van der Waals surface area contributed by atoms with Crippen molar-refractivity contribution in [2.45, 2.75) is 12.3 Å². The van der Waals surface area contributed by atoms with Gasteiger partial charge in [-0.1, -0.05) is 48.6 Å². The molecule has 90 valence electrons. The van der Waals surface area contributed by atoms with E-state index >= 15 is 0 Å². The smallest absolute Gasteiger partial charge is 0.118 e. The predicted molar refractivity (Wildman–Crippen MR) is 74.9 cm³/mol. The van der Waals surface area contributed by atoms with Gasteiger partial charge in [-0.2, -0.15) is 0 Å². The Bertz CT molecular complexity index is 566. The van der Waals surface area contributed by atoms with E-state index in [0.29, 0.717) is 5.92 Å². The molecule has 0 spiro atoms. The first-order chi connectivity index (χ1) is 8.88. The molecular formula is C17H16O. The van der Waals surface area contributed by atoms with Crippen LogP contribution in [0.1, 0.15) is 29.0 Å². The molecule has 0 aromatic heterocycles. The Morgan fingerprint density at radius 1 is 1.00 bits per heavy atom. The average Bonchev–Trinajstić information content (AvgIpc) is 2.47. The highest BCUT2D eigenvalue weighted by atomic mass is 16.5. The van der Waals surface area contributed by atoms with Crippen LogP contribution in [0.3, 0.4) is 0 Å². The summed E-state index contributed by atoms with van der Waals surface area (Å²) in [5.41, 5.74) is 4.11. The minimum Gasteiger partial charge on any atom is -0.497 e. The highest BCUT2D eigenvalue weighted by Gasteiger charge is 2.18. The lowest BCUT2D eigenvalue weighted by atomic mass is 9.82. The van der Waals surface area contributed by atoms with Gasteiger partial charge in [-0.25, -0.2) is 0 Å². The number of hydrogen-bond donors (Lipinski definition) is 0. The molecule has 2 aromatic carbocycles. The summed E-state index contributed by atoms with van der Waals surface area (Å²) in [5.74, 6) is 1.38. The van der Waals surface area contributed by atoms with Gasteiger partial charge in [-0.15, -0.1) is 0 Å². The van der Waals surface area contributed by atoms with Crippen molar-refractivity contribution in [2.24, 2.45) is 0 Å². The lowest BCUT2D eigenvalue weighted by Gasteiger charge is -2.22. The number of fused-ring (bicyclic) bond motifs is 1. The Labute approximate surface area is 108 Å². The predicted octanol–water partition coefficient (Wildman–Crippen LogP) is 4.24. The van der Waals surface area contributed by atoms with Crippen LogP contribution in [-0.2, 0) is 0 Å². The number of allylic oxidation sites excluding steroid dienone is 1. The van der Waals surface area contributed by atoms with Crippen LogP contribution in [0.25, 0.3) is 6.08 Å². The van der Waals surface area contributed by atoms with E-state index in [4.69, 9.17) is 4.74 Å². The maximum absolute atomic E-state index is 5.21. The molecular weight excluding hydrogens is 220 g/mol. The van der Waals surface area contributed by atoms with Gasteiger partial charge in [0.25, 0.3) is 0 Å². The van der Waals surface area contributed by atoms with Crippen molar-refractivity contribution in [3.63, 3.8) is 0 Å². The molecule has 1 aliphatic rings. The van der Waals surface area contributed by atoms with Crippen molar-refractivity contribution < 1.29 is 4.74 Å². The summed E-state index contributed by atoms with van der Waals surface area (Å²) in [6.07, 6.45) is 5.55. The second-order valence-corrected chi connectivity index (χ2v) is 4.59. The van der Waals surface area contributed by atoms with Gasteiger partial charge in [0, 0.05) is 5.92 Å². The normalized spacial score (nSPS) is 17.3. The largest absolute Gasteiger partial charge is 0.497 e. The SMILES string of the molecule is COc1ccc([C@@H]2CC=Cc3ccccc32)cc1. The zero-order chi connectivity index (χ0) is 12.4. The zero-order valence-corrected chi connectivity index (χ0v) is 10.5. The van der Waals surface area contributed by atoms with Gasteiger partial charge in [-0.3, -0.25) is 0 Å². The second-order valence-electron chi connectivity index (χ2n) is 4.59. The molecule has 1 nitrogen and oxygen atoms in total. The van der Waals surface area contributed by atoms with Crippen molar-refractivity contribution in [3.05, 3.63) is 71.3 Å². The summed E-state index contributed by atoms with van der Waals surface area (Å²) in [4.78, 5) is 0. The third-order valence-electron chi connectivity index (χ3n) is 3.56. The highest BCUT2D eigenvalue weighted by molar-refractivity contribution is 5.59. The second kappa shape index (κ2) is 4.69. The number of methoxy groups -OCH3 is 1. The van der Waals surface area contributed by atoms with Crippen LogP contribution in [0, 0.1) is 0 Å². The first kappa shape index (κ1) is 11.1.